The van der Waals surface area contributed by atoms with E-state index in [-0.39, 0.29) is 0 Å². The second-order valence-corrected chi connectivity index (χ2v) is 4.20. The summed E-state index contributed by atoms with van der Waals surface area (Å²) in [5.74, 6) is 0. The molecule has 1 aromatic heterocycles. The molecule has 0 atom stereocenters. The summed E-state index contributed by atoms with van der Waals surface area (Å²) in [5.41, 5.74) is 3.75. The van der Waals surface area contributed by atoms with Crippen molar-refractivity contribution in [1.29, 1.82) is 0 Å². The maximum Gasteiger partial charge on any atom is 0.0740 e. The third-order valence-electron chi connectivity index (χ3n) is 3.35. The predicted molar refractivity (Wildman–Crippen MR) is 68.7 cm³/mol. The zero-order chi connectivity index (χ0) is 11.1. The highest BCUT2D eigenvalue weighted by atomic mass is 14.6. The molecule has 1 heterocycles. The smallest absolute Gasteiger partial charge is 0.0740 e. The van der Waals surface area contributed by atoms with Gasteiger partial charge in [0, 0.05) is 11.6 Å². The number of fused-ring (bicyclic) bond motifs is 3. The van der Waals surface area contributed by atoms with Crippen LogP contribution in [0.15, 0.2) is 42.6 Å². The Morgan fingerprint density at radius 2 is 1.44 bits per heavy atom. The maximum absolute atomic E-state index is 4.49. The molecule has 0 unspecified atom stereocenters. The highest BCUT2D eigenvalue weighted by Crippen LogP contribution is 2.30. The van der Waals surface area contributed by atoms with E-state index in [4.69, 9.17) is 0 Å². The van der Waals surface area contributed by atoms with Gasteiger partial charge in [0.05, 0.1) is 5.52 Å². The second-order valence-electron chi connectivity index (χ2n) is 4.20. The SMILES string of the molecule is Cc1c(C)c2ncccc2c2ccccc12. The van der Waals surface area contributed by atoms with E-state index in [0.717, 1.165) is 5.52 Å². The van der Waals surface area contributed by atoms with Crippen LogP contribution in [0.1, 0.15) is 11.1 Å². The molecule has 0 amide bonds. The van der Waals surface area contributed by atoms with Gasteiger partial charge in [-0.05, 0) is 41.8 Å². The second kappa shape index (κ2) is 3.31. The van der Waals surface area contributed by atoms with E-state index in [1.165, 1.54) is 27.3 Å². The lowest BCUT2D eigenvalue weighted by atomic mass is 9.96. The fraction of sp³-hybridized carbons (Fsp3) is 0.133. The van der Waals surface area contributed by atoms with Gasteiger partial charge in [-0.1, -0.05) is 30.3 Å². The van der Waals surface area contributed by atoms with Crippen molar-refractivity contribution in [2.45, 2.75) is 13.8 Å². The van der Waals surface area contributed by atoms with Crippen LogP contribution >= 0.6 is 0 Å². The van der Waals surface area contributed by atoms with Crippen LogP contribution in [0.25, 0.3) is 21.7 Å². The minimum absolute atomic E-state index is 1.12. The molecule has 0 aliphatic carbocycles. The van der Waals surface area contributed by atoms with Crippen molar-refractivity contribution in [2.75, 3.05) is 0 Å². The maximum atomic E-state index is 4.49. The monoisotopic (exact) mass is 207 g/mol. The van der Waals surface area contributed by atoms with E-state index in [0.29, 0.717) is 0 Å². The average molecular weight is 207 g/mol. The molecule has 0 bridgehead atoms. The molecule has 1 nitrogen and oxygen atoms in total. The number of aromatic nitrogens is 1. The van der Waals surface area contributed by atoms with E-state index in [1.807, 2.05) is 12.3 Å². The number of benzene rings is 2. The summed E-state index contributed by atoms with van der Waals surface area (Å²) in [6, 6.07) is 12.7. The summed E-state index contributed by atoms with van der Waals surface area (Å²) in [5, 5.41) is 3.88. The van der Waals surface area contributed by atoms with Crippen molar-refractivity contribution in [2.24, 2.45) is 0 Å². The van der Waals surface area contributed by atoms with Crippen LogP contribution in [0.5, 0.6) is 0 Å². The molecule has 0 aliphatic heterocycles. The number of nitrogens with zero attached hydrogens (tertiary/aromatic N) is 1. The number of pyridine rings is 1. The third kappa shape index (κ3) is 1.15. The molecule has 1 heteroatoms. The Bertz CT molecular complexity index is 623. The Hall–Kier alpha value is -1.89. The quantitative estimate of drug-likeness (QED) is 0.508. The number of hydrogen-bond acceptors (Lipinski definition) is 1. The summed E-state index contributed by atoms with van der Waals surface area (Å²) >= 11 is 0. The number of aryl methyl sites for hydroxylation is 2. The summed E-state index contributed by atoms with van der Waals surface area (Å²) in [6.45, 7) is 4.32. The molecular weight excluding hydrogens is 194 g/mol. The van der Waals surface area contributed by atoms with Crippen molar-refractivity contribution in [3.63, 3.8) is 0 Å². The highest BCUT2D eigenvalue weighted by Gasteiger charge is 2.07. The number of hydrogen-bond donors (Lipinski definition) is 0. The van der Waals surface area contributed by atoms with Crippen molar-refractivity contribution < 1.29 is 0 Å². The molecule has 78 valence electrons. The third-order valence-corrected chi connectivity index (χ3v) is 3.35. The van der Waals surface area contributed by atoms with Gasteiger partial charge in [-0.25, -0.2) is 0 Å². The fourth-order valence-electron chi connectivity index (χ4n) is 2.35. The van der Waals surface area contributed by atoms with Crippen molar-refractivity contribution in [3.05, 3.63) is 53.7 Å². The summed E-state index contributed by atoms with van der Waals surface area (Å²) < 4.78 is 0. The van der Waals surface area contributed by atoms with Crippen LogP contribution in [0, 0.1) is 13.8 Å². The van der Waals surface area contributed by atoms with Crippen LogP contribution in [-0.2, 0) is 0 Å². The van der Waals surface area contributed by atoms with Crippen LogP contribution in [0.4, 0.5) is 0 Å². The molecule has 2 aromatic carbocycles. The molecule has 3 rings (SSSR count). The molecule has 0 N–H and O–H groups in total. The van der Waals surface area contributed by atoms with Gasteiger partial charge in [0.15, 0.2) is 0 Å². The van der Waals surface area contributed by atoms with E-state index >= 15 is 0 Å². The van der Waals surface area contributed by atoms with Crippen molar-refractivity contribution in [3.8, 4) is 0 Å². The van der Waals surface area contributed by atoms with Gasteiger partial charge in [-0.2, -0.15) is 0 Å². The fourth-order valence-corrected chi connectivity index (χ4v) is 2.35. The van der Waals surface area contributed by atoms with Gasteiger partial charge in [0.25, 0.3) is 0 Å². The molecular formula is C15H13N. The summed E-state index contributed by atoms with van der Waals surface area (Å²) in [6.07, 6.45) is 1.86. The van der Waals surface area contributed by atoms with Crippen molar-refractivity contribution >= 4 is 21.7 Å². The first-order valence-corrected chi connectivity index (χ1v) is 5.51. The van der Waals surface area contributed by atoms with E-state index in [2.05, 4.69) is 49.2 Å². The Morgan fingerprint density at radius 3 is 2.25 bits per heavy atom. The normalized spacial score (nSPS) is 11.1. The zero-order valence-electron chi connectivity index (χ0n) is 9.49. The first kappa shape index (κ1) is 9.34. The molecule has 0 saturated heterocycles. The predicted octanol–water partition coefficient (Wildman–Crippen LogP) is 4.00. The van der Waals surface area contributed by atoms with Crippen LogP contribution < -0.4 is 0 Å². The molecule has 3 aromatic rings. The molecule has 0 saturated carbocycles. The van der Waals surface area contributed by atoms with E-state index in [1.54, 1.807) is 0 Å². The topological polar surface area (TPSA) is 12.9 Å². The highest BCUT2D eigenvalue weighted by molar-refractivity contribution is 6.09. The average Bonchev–Trinajstić information content (AvgIpc) is 2.36. The van der Waals surface area contributed by atoms with Gasteiger partial charge in [-0.15, -0.1) is 0 Å². The van der Waals surface area contributed by atoms with Gasteiger partial charge >= 0.3 is 0 Å². The minimum atomic E-state index is 1.12. The van der Waals surface area contributed by atoms with E-state index in [9.17, 15) is 0 Å². The standard InChI is InChI=1S/C15H13N/c1-10-11(2)15-14(8-5-9-16-15)13-7-4-3-6-12(10)13/h3-9H,1-2H3. The molecule has 0 aliphatic rings. The van der Waals surface area contributed by atoms with Gasteiger partial charge in [0.2, 0.25) is 0 Å². The molecule has 0 radical (unpaired) electrons. The summed E-state index contributed by atoms with van der Waals surface area (Å²) in [4.78, 5) is 4.49. The van der Waals surface area contributed by atoms with Gasteiger partial charge in [-0.3, -0.25) is 4.98 Å². The van der Waals surface area contributed by atoms with Crippen molar-refractivity contribution in [1.82, 2.24) is 4.98 Å². The Morgan fingerprint density at radius 1 is 0.750 bits per heavy atom. The molecule has 0 fully saturated rings. The van der Waals surface area contributed by atoms with E-state index < -0.39 is 0 Å². The lowest BCUT2D eigenvalue weighted by Gasteiger charge is -2.10. The Kier molecular flexibility index (Phi) is 1.93. The van der Waals surface area contributed by atoms with Gasteiger partial charge in [0.1, 0.15) is 0 Å². The Balaban J connectivity index is 2.69. The molecule has 0 spiro atoms. The Labute approximate surface area is 94.7 Å². The van der Waals surface area contributed by atoms with Crippen LogP contribution in [0.2, 0.25) is 0 Å². The lowest BCUT2D eigenvalue weighted by Crippen LogP contribution is -1.90. The lowest BCUT2D eigenvalue weighted by molar-refractivity contribution is 1.33. The first-order valence-electron chi connectivity index (χ1n) is 5.51. The zero-order valence-corrected chi connectivity index (χ0v) is 9.49. The minimum Gasteiger partial charge on any atom is -0.256 e. The van der Waals surface area contributed by atoms with Crippen LogP contribution in [-0.4, -0.2) is 4.98 Å². The first-order chi connectivity index (χ1) is 7.79. The van der Waals surface area contributed by atoms with Gasteiger partial charge < -0.3 is 0 Å². The molecule has 16 heavy (non-hydrogen) atoms. The number of rotatable bonds is 0. The van der Waals surface area contributed by atoms with Crippen LogP contribution in [0.3, 0.4) is 0 Å². The largest absolute Gasteiger partial charge is 0.256 e. The summed E-state index contributed by atoms with van der Waals surface area (Å²) in [7, 11) is 0.